The smallest absolute Gasteiger partial charge is 0.304 e. The van der Waals surface area contributed by atoms with E-state index in [1.54, 1.807) is 0 Å². The monoisotopic (exact) mass is 257 g/mol. The molecule has 17 heavy (non-hydrogen) atoms. The van der Waals surface area contributed by atoms with Crippen molar-refractivity contribution < 1.29 is 9.90 Å². The van der Waals surface area contributed by atoms with E-state index in [2.05, 4.69) is 4.99 Å². The van der Waals surface area contributed by atoms with E-state index in [9.17, 15) is 4.79 Å². The molecule has 0 radical (unpaired) electrons. The zero-order chi connectivity index (χ0) is 12.0. The molecule has 0 fully saturated rings. The summed E-state index contributed by atoms with van der Waals surface area (Å²) in [5, 5.41) is 8.80. The number of hydrogen-bond acceptors (Lipinski definition) is 2. The van der Waals surface area contributed by atoms with E-state index in [-0.39, 0.29) is 30.7 Å². The van der Waals surface area contributed by atoms with Gasteiger partial charge in [0, 0.05) is 5.92 Å². The molecule has 5 N–H and O–H groups in total. The minimum Gasteiger partial charge on any atom is -0.481 e. The number of aliphatic imine (C=N–C) groups is 1. The first-order valence-electron chi connectivity index (χ1n) is 4.91. The molecule has 0 saturated heterocycles. The van der Waals surface area contributed by atoms with Gasteiger partial charge in [0.2, 0.25) is 0 Å². The molecule has 0 aliphatic heterocycles. The van der Waals surface area contributed by atoms with Gasteiger partial charge in [-0.15, -0.1) is 12.4 Å². The highest BCUT2D eigenvalue weighted by Gasteiger charge is 2.14. The van der Waals surface area contributed by atoms with Gasteiger partial charge < -0.3 is 16.6 Å². The minimum absolute atomic E-state index is 0. The van der Waals surface area contributed by atoms with Gasteiger partial charge in [-0.25, -0.2) is 0 Å². The fraction of sp³-hybridized carbons (Fsp3) is 0.273. The van der Waals surface area contributed by atoms with E-state index < -0.39 is 5.97 Å². The number of hydrogen-bond donors (Lipinski definition) is 3. The molecule has 1 unspecified atom stereocenters. The van der Waals surface area contributed by atoms with Gasteiger partial charge in [0.15, 0.2) is 5.96 Å². The topological polar surface area (TPSA) is 102 Å². The van der Waals surface area contributed by atoms with Gasteiger partial charge in [-0.05, 0) is 5.56 Å². The summed E-state index contributed by atoms with van der Waals surface area (Å²) in [6.45, 7) is 0.290. The summed E-state index contributed by atoms with van der Waals surface area (Å²) in [6, 6.07) is 9.34. The molecule has 1 aromatic carbocycles. The third kappa shape index (κ3) is 5.77. The molecule has 0 amide bonds. The van der Waals surface area contributed by atoms with E-state index >= 15 is 0 Å². The third-order valence-corrected chi connectivity index (χ3v) is 2.19. The summed E-state index contributed by atoms with van der Waals surface area (Å²) >= 11 is 0. The summed E-state index contributed by atoms with van der Waals surface area (Å²) < 4.78 is 0. The van der Waals surface area contributed by atoms with Gasteiger partial charge in [-0.3, -0.25) is 9.79 Å². The molecule has 0 aliphatic carbocycles. The highest BCUT2D eigenvalue weighted by molar-refractivity contribution is 5.85. The van der Waals surface area contributed by atoms with Gasteiger partial charge in [0.25, 0.3) is 0 Å². The van der Waals surface area contributed by atoms with Crippen LogP contribution in [0.25, 0.3) is 0 Å². The van der Waals surface area contributed by atoms with Crippen molar-refractivity contribution in [1.29, 1.82) is 0 Å². The number of carbonyl (C=O) groups is 1. The molecule has 1 rings (SSSR count). The van der Waals surface area contributed by atoms with E-state index in [0.717, 1.165) is 5.56 Å². The molecule has 0 saturated carbocycles. The molecular formula is C11H16ClN3O2. The molecule has 0 bridgehead atoms. The number of carboxylic acid groups (broad SMARTS) is 1. The SMILES string of the molecule is Cl.NC(N)=NCC(CC(=O)O)c1ccccc1. The zero-order valence-corrected chi connectivity index (χ0v) is 10.1. The predicted octanol–water partition coefficient (Wildman–Crippen LogP) is 0.940. The first kappa shape index (κ1) is 15.2. The Kier molecular flexibility index (Phi) is 6.74. The standard InChI is InChI=1S/C11H15N3O2.ClH/c12-11(13)14-7-9(6-10(15)16)8-4-2-1-3-5-8;/h1-5,9H,6-7H2,(H,15,16)(H4,12,13,14);1H. The third-order valence-electron chi connectivity index (χ3n) is 2.19. The maximum absolute atomic E-state index is 10.7. The Morgan fingerprint density at radius 1 is 1.29 bits per heavy atom. The van der Waals surface area contributed by atoms with Crippen LogP contribution in [-0.4, -0.2) is 23.6 Å². The fourth-order valence-corrected chi connectivity index (χ4v) is 1.44. The number of aliphatic carboxylic acids is 1. The Bertz CT molecular complexity index is 378. The molecule has 1 atom stereocenters. The molecular weight excluding hydrogens is 242 g/mol. The number of nitrogens with zero attached hydrogens (tertiary/aromatic N) is 1. The Labute approximate surface area is 106 Å². The molecule has 1 aromatic rings. The van der Waals surface area contributed by atoms with Crippen molar-refractivity contribution in [2.75, 3.05) is 6.54 Å². The molecule has 0 aromatic heterocycles. The number of carboxylic acids is 1. The number of halogens is 1. The summed E-state index contributed by atoms with van der Waals surface area (Å²) in [7, 11) is 0. The lowest BCUT2D eigenvalue weighted by atomic mass is 9.96. The molecule has 6 heteroatoms. The summed E-state index contributed by atoms with van der Waals surface area (Å²) in [5.41, 5.74) is 11.4. The van der Waals surface area contributed by atoms with Crippen molar-refractivity contribution in [2.24, 2.45) is 16.5 Å². The number of rotatable bonds is 5. The van der Waals surface area contributed by atoms with Crippen molar-refractivity contribution in [2.45, 2.75) is 12.3 Å². The van der Waals surface area contributed by atoms with Crippen molar-refractivity contribution in [3.63, 3.8) is 0 Å². The summed E-state index contributed by atoms with van der Waals surface area (Å²) in [6.07, 6.45) is 0.0147. The van der Waals surface area contributed by atoms with Crippen LogP contribution in [0.3, 0.4) is 0 Å². The van der Waals surface area contributed by atoms with Gasteiger partial charge in [-0.1, -0.05) is 30.3 Å². The van der Waals surface area contributed by atoms with E-state index in [1.807, 2.05) is 30.3 Å². The van der Waals surface area contributed by atoms with Gasteiger partial charge in [0.1, 0.15) is 0 Å². The Balaban J connectivity index is 0.00000256. The van der Waals surface area contributed by atoms with Crippen molar-refractivity contribution >= 4 is 24.3 Å². The van der Waals surface area contributed by atoms with Crippen LogP contribution in [0.15, 0.2) is 35.3 Å². The number of nitrogens with two attached hydrogens (primary N) is 2. The van der Waals surface area contributed by atoms with Crippen LogP contribution < -0.4 is 11.5 Å². The average Bonchev–Trinajstić information content (AvgIpc) is 2.25. The Hall–Kier alpha value is -1.75. The predicted molar refractivity (Wildman–Crippen MR) is 69.4 cm³/mol. The maximum Gasteiger partial charge on any atom is 0.304 e. The van der Waals surface area contributed by atoms with Gasteiger partial charge >= 0.3 is 5.97 Å². The Morgan fingerprint density at radius 2 is 1.88 bits per heavy atom. The maximum atomic E-state index is 10.7. The van der Waals surface area contributed by atoms with Crippen LogP contribution in [0.5, 0.6) is 0 Å². The Morgan fingerprint density at radius 3 is 2.35 bits per heavy atom. The van der Waals surface area contributed by atoms with E-state index in [1.165, 1.54) is 0 Å². The van der Waals surface area contributed by atoms with Crippen LogP contribution in [0.2, 0.25) is 0 Å². The van der Waals surface area contributed by atoms with Crippen LogP contribution in [0.1, 0.15) is 17.9 Å². The molecule has 94 valence electrons. The first-order chi connectivity index (χ1) is 7.59. The average molecular weight is 258 g/mol. The number of guanidine groups is 1. The normalized spacial score (nSPS) is 11.1. The lowest BCUT2D eigenvalue weighted by Gasteiger charge is -2.12. The van der Waals surface area contributed by atoms with Crippen molar-refractivity contribution in [3.05, 3.63) is 35.9 Å². The van der Waals surface area contributed by atoms with E-state index in [4.69, 9.17) is 16.6 Å². The summed E-state index contributed by atoms with van der Waals surface area (Å²) in [4.78, 5) is 14.6. The zero-order valence-electron chi connectivity index (χ0n) is 9.24. The van der Waals surface area contributed by atoms with Crippen molar-refractivity contribution in [1.82, 2.24) is 0 Å². The van der Waals surface area contributed by atoms with Crippen LogP contribution in [-0.2, 0) is 4.79 Å². The fourth-order valence-electron chi connectivity index (χ4n) is 1.44. The van der Waals surface area contributed by atoms with Gasteiger partial charge in [-0.2, -0.15) is 0 Å². The van der Waals surface area contributed by atoms with E-state index in [0.29, 0.717) is 6.54 Å². The largest absolute Gasteiger partial charge is 0.481 e. The molecule has 5 nitrogen and oxygen atoms in total. The lowest BCUT2D eigenvalue weighted by Crippen LogP contribution is -2.24. The second kappa shape index (κ2) is 7.51. The lowest BCUT2D eigenvalue weighted by molar-refractivity contribution is -0.137. The highest BCUT2D eigenvalue weighted by atomic mass is 35.5. The molecule has 0 spiro atoms. The van der Waals surface area contributed by atoms with Crippen LogP contribution >= 0.6 is 12.4 Å². The second-order valence-electron chi connectivity index (χ2n) is 3.47. The molecule has 0 aliphatic rings. The molecule has 0 heterocycles. The van der Waals surface area contributed by atoms with Gasteiger partial charge in [0.05, 0.1) is 13.0 Å². The first-order valence-corrected chi connectivity index (χ1v) is 4.91. The van der Waals surface area contributed by atoms with Crippen LogP contribution in [0, 0.1) is 0 Å². The summed E-state index contributed by atoms with van der Waals surface area (Å²) in [5.74, 6) is -1.08. The second-order valence-corrected chi connectivity index (χ2v) is 3.47. The minimum atomic E-state index is -0.861. The van der Waals surface area contributed by atoms with Crippen molar-refractivity contribution in [3.8, 4) is 0 Å². The highest BCUT2D eigenvalue weighted by Crippen LogP contribution is 2.19. The quantitative estimate of drug-likeness (QED) is 0.540. The number of benzene rings is 1. The van der Waals surface area contributed by atoms with Crippen LogP contribution in [0.4, 0.5) is 0 Å².